The third kappa shape index (κ3) is 5.83. The fourth-order valence-electron chi connectivity index (χ4n) is 7.79. The number of methoxy groups -OCH3 is 1. The molecule has 48 heavy (non-hydrogen) atoms. The highest BCUT2D eigenvalue weighted by Crippen LogP contribution is 2.54. The maximum atomic E-state index is 14.6. The average Bonchev–Trinajstić information content (AvgIpc) is 3.48. The van der Waals surface area contributed by atoms with Crippen LogP contribution >= 0.6 is 0 Å². The number of esters is 1. The number of carbonyl (C=O) groups excluding carboxylic acids is 2. The Bertz CT molecular complexity index is 1820. The number of amides is 1. The Morgan fingerprint density at radius 1 is 0.938 bits per heavy atom. The number of fused-ring (bicyclic) bond motifs is 3. The first-order valence-electron chi connectivity index (χ1n) is 15.8. The summed E-state index contributed by atoms with van der Waals surface area (Å²) in [6, 6.07) is 11.0. The zero-order chi connectivity index (χ0) is 34.4. The largest absolute Gasteiger partial charge is 0.489 e. The molecule has 3 aromatic carbocycles. The molecule has 3 aromatic rings. The van der Waals surface area contributed by atoms with Gasteiger partial charge in [-0.15, -0.1) is 0 Å². The second-order valence-corrected chi connectivity index (χ2v) is 14.8. The van der Waals surface area contributed by atoms with Gasteiger partial charge in [-0.25, -0.2) is 17.2 Å². The minimum Gasteiger partial charge on any atom is -0.489 e. The number of sulfone groups is 1. The number of benzene rings is 3. The van der Waals surface area contributed by atoms with Crippen molar-refractivity contribution in [3.8, 4) is 5.75 Å². The van der Waals surface area contributed by atoms with E-state index in [2.05, 4.69) is 0 Å². The van der Waals surface area contributed by atoms with Crippen molar-refractivity contribution in [1.29, 1.82) is 0 Å². The summed E-state index contributed by atoms with van der Waals surface area (Å²) < 4.78 is 107. The van der Waals surface area contributed by atoms with Gasteiger partial charge < -0.3 is 14.4 Å². The maximum absolute atomic E-state index is 14.6. The molecule has 0 bridgehead atoms. The third-order valence-corrected chi connectivity index (χ3v) is 12.7. The first kappa shape index (κ1) is 33.9. The van der Waals surface area contributed by atoms with E-state index >= 15 is 0 Å². The van der Waals surface area contributed by atoms with Gasteiger partial charge in [0.25, 0.3) is 0 Å². The maximum Gasteiger partial charge on any atom is 0.416 e. The van der Waals surface area contributed by atoms with E-state index in [0.29, 0.717) is 43.2 Å². The van der Waals surface area contributed by atoms with Crippen molar-refractivity contribution in [1.82, 2.24) is 4.90 Å². The predicted molar refractivity (Wildman–Crippen MR) is 163 cm³/mol. The van der Waals surface area contributed by atoms with Crippen LogP contribution < -0.4 is 4.74 Å². The fourth-order valence-corrected chi connectivity index (χ4v) is 10.2. The molecule has 0 radical (unpaired) electrons. The van der Waals surface area contributed by atoms with Crippen LogP contribution in [0.25, 0.3) is 0 Å². The van der Waals surface area contributed by atoms with Gasteiger partial charge >= 0.3 is 12.1 Å². The summed E-state index contributed by atoms with van der Waals surface area (Å²) in [5.74, 6) is -2.69. The predicted octanol–water partition coefficient (Wildman–Crippen LogP) is 6.76. The van der Waals surface area contributed by atoms with E-state index in [9.17, 15) is 40.0 Å². The first-order chi connectivity index (χ1) is 22.8. The molecule has 2 aliphatic carbocycles. The number of rotatable bonds is 7. The number of ether oxygens (including phenoxy) is 2. The van der Waals surface area contributed by atoms with Crippen LogP contribution in [-0.4, -0.2) is 44.9 Å². The van der Waals surface area contributed by atoms with Crippen LogP contribution in [0, 0.1) is 23.5 Å². The van der Waals surface area contributed by atoms with Crippen molar-refractivity contribution in [3.05, 3.63) is 94.6 Å². The Morgan fingerprint density at radius 3 is 2.29 bits per heavy atom. The van der Waals surface area contributed by atoms with Crippen molar-refractivity contribution >= 4 is 21.7 Å². The zero-order valence-electron chi connectivity index (χ0n) is 26.1. The Kier molecular flexibility index (Phi) is 9.03. The van der Waals surface area contributed by atoms with Crippen LogP contribution in [0.15, 0.2) is 65.6 Å². The number of halogens is 5. The van der Waals surface area contributed by atoms with E-state index in [-0.39, 0.29) is 53.7 Å². The van der Waals surface area contributed by atoms with E-state index in [0.717, 1.165) is 30.3 Å². The molecule has 0 aromatic heterocycles. The molecule has 1 saturated heterocycles. The molecule has 3 aliphatic rings. The van der Waals surface area contributed by atoms with Crippen LogP contribution in [0.2, 0.25) is 0 Å². The lowest BCUT2D eigenvalue weighted by molar-refractivity contribution is -0.149. The molecular formula is C35H34F5NO6S. The second kappa shape index (κ2) is 12.8. The highest BCUT2D eigenvalue weighted by Gasteiger charge is 2.61. The van der Waals surface area contributed by atoms with Crippen molar-refractivity contribution in [2.24, 2.45) is 11.8 Å². The molecule has 0 spiro atoms. The molecule has 1 saturated carbocycles. The standard InChI is InChI=1S/C35H34F5NO6S/c1-46-33(43)22-7-5-21(6-8-22)32(42)41-18-17-34(48(44,45)26-13-10-24(36)11-14-26)28-15-12-25(19-23(28)9-16-31(34)41)47-20-27-29(35(38,39)40)3-2-4-30(27)37/h2-4,10-15,19,21-22,31H,5-9,16-18,20H2,1H3/t21-,22-,31-,34-/m1/s1. The summed E-state index contributed by atoms with van der Waals surface area (Å²) in [5, 5.41) is 0. The first-order valence-corrected chi connectivity index (χ1v) is 17.3. The lowest BCUT2D eigenvalue weighted by atomic mass is 9.77. The monoisotopic (exact) mass is 691 g/mol. The van der Waals surface area contributed by atoms with Gasteiger partial charge in [0.1, 0.15) is 28.7 Å². The molecule has 6 rings (SSSR count). The van der Waals surface area contributed by atoms with Crippen molar-refractivity contribution in [2.75, 3.05) is 13.7 Å². The van der Waals surface area contributed by atoms with Crippen molar-refractivity contribution in [2.45, 2.75) is 73.4 Å². The Labute approximate surface area is 274 Å². The summed E-state index contributed by atoms with van der Waals surface area (Å²) in [6.07, 6.45) is -2.20. The number of likely N-dealkylation sites (tertiary alicyclic amines) is 1. The van der Waals surface area contributed by atoms with Crippen LogP contribution in [-0.2, 0) is 48.1 Å². The van der Waals surface area contributed by atoms with Gasteiger partial charge in [0.2, 0.25) is 5.91 Å². The molecule has 1 heterocycles. The highest BCUT2D eigenvalue weighted by atomic mass is 32.2. The molecule has 2 fully saturated rings. The second-order valence-electron chi connectivity index (χ2n) is 12.6. The van der Waals surface area contributed by atoms with Crippen LogP contribution in [0.4, 0.5) is 22.0 Å². The normalized spacial score (nSPS) is 24.0. The number of aryl methyl sites for hydroxylation is 1. The van der Waals surface area contributed by atoms with Crippen LogP contribution in [0.1, 0.15) is 60.8 Å². The minimum atomic E-state index is -4.79. The molecule has 13 heteroatoms. The number of carbonyl (C=O) groups is 2. The Balaban J connectivity index is 1.33. The summed E-state index contributed by atoms with van der Waals surface area (Å²) in [5.41, 5.74) is -0.792. The number of hydrogen-bond donors (Lipinski definition) is 0. The summed E-state index contributed by atoms with van der Waals surface area (Å²) in [6.45, 7) is -0.547. The molecule has 0 unspecified atom stereocenters. The zero-order valence-corrected chi connectivity index (χ0v) is 26.9. The summed E-state index contributed by atoms with van der Waals surface area (Å²) >= 11 is 0. The van der Waals surface area contributed by atoms with Gasteiger partial charge in [-0.2, -0.15) is 13.2 Å². The van der Waals surface area contributed by atoms with E-state index in [4.69, 9.17) is 9.47 Å². The minimum absolute atomic E-state index is 0.0675. The topological polar surface area (TPSA) is 90.0 Å². The van der Waals surface area contributed by atoms with Gasteiger partial charge in [0, 0.05) is 18.0 Å². The van der Waals surface area contributed by atoms with Gasteiger partial charge in [0.05, 0.1) is 29.5 Å². The average molecular weight is 692 g/mol. The van der Waals surface area contributed by atoms with Gasteiger partial charge in [0.15, 0.2) is 9.84 Å². The number of hydrogen-bond acceptors (Lipinski definition) is 6. The third-order valence-electron chi connectivity index (χ3n) is 10.2. The lowest BCUT2D eigenvalue weighted by Gasteiger charge is -2.43. The number of nitrogens with zero attached hydrogens (tertiary/aromatic N) is 1. The van der Waals surface area contributed by atoms with E-state index in [1.807, 2.05) is 0 Å². The molecular weight excluding hydrogens is 657 g/mol. The van der Waals surface area contributed by atoms with E-state index in [1.165, 1.54) is 25.3 Å². The van der Waals surface area contributed by atoms with E-state index in [1.54, 1.807) is 17.0 Å². The van der Waals surface area contributed by atoms with Gasteiger partial charge in [-0.05, 0) is 105 Å². The molecule has 2 atom stereocenters. The molecule has 256 valence electrons. The molecule has 7 nitrogen and oxygen atoms in total. The molecule has 1 aliphatic heterocycles. The number of alkyl halides is 3. The highest BCUT2D eigenvalue weighted by molar-refractivity contribution is 7.92. The molecule has 0 N–H and O–H groups in total. The SMILES string of the molecule is COC(=O)[C@H]1CC[C@H](C(=O)N2CC[C@@]3(S(=O)(=O)c4ccc(F)cc4)c4ccc(OCc5c(F)cccc5C(F)(F)F)cc4CC[C@@H]23)CC1. The van der Waals surface area contributed by atoms with Crippen molar-refractivity contribution in [3.63, 3.8) is 0 Å². The van der Waals surface area contributed by atoms with Gasteiger partial charge in [-0.1, -0.05) is 12.1 Å². The van der Waals surface area contributed by atoms with Crippen LogP contribution in [0.3, 0.4) is 0 Å². The quantitative estimate of drug-likeness (QED) is 0.155. The summed E-state index contributed by atoms with van der Waals surface area (Å²) in [4.78, 5) is 27.6. The fraction of sp³-hybridized carbons (Fsp3) is 0.429. The Hall–Kier alpha value is -4.00. The van der Waals surface area contributed by atoms with Gasteiger partial charge in [-0.3, -0.25) is 9.59 Å². The smallest absolute Gasteiger partial charge is 0.416 e. The van der Waals surface area contributed by atoms with E-state index < -0.39 is 56.2 Å². The summed E-state index contributed by atoms with van der Waals surface area (Å²) in [7, 11) is -2.92. The Morgan fingerprint density at radius 2 is 1.62 bits per heavy atom. The molecule has 1 amide bonds. The van der Waals surface area contributed by atoms with Crippen molar-refractivity contribution < 1.29 is 49.4 Å². The lowest BCUT2D eigenvalue weighted by Crippen LogP contribution is -2.53. The van der Waals surface area contributed by atoms with Crippen LogP contribution in [0.5, 0.6) is 5.75 Å².